The Hall–Kier alpha value is -1.23. The molecule has 0 heterocycles. The molecule has 2 unspecified atom stereocenters. The largest absolute Gasteiger partial charge is 0.488 e. The van der Waals surface area contributed by atoms with Crippen molar-refractivity contribution in [1.29, 1.82) is 0 Å². The smallest absolute Gasteiger partial charge is 0.416 e. The molecule has 5 heteroatoms. The molecule has 0 saturated heterocycles. The Morgan fingerprint density at radius 1 is 1.25 bits per heavy atom. The molecule has 0 spiro atoms. The third kappa shape index (κ3) is 2.29. The molecule has 0 radical (unpaired) electrons. The van der Waals surface area contributed by atoms with E-state index in [2.05, 4.69) is 0 Å². The zero-order chi connectivity index (χ0) is 11.8. The lowest BCUT2D eigenvalue weighted by molar-refractivity contribution is -0.137. The number of halogens is 3. The summed E-state index contributed by atoms with van der Waals surface area (Å²) in [5.41, 5.74) is -0.737. The molecule has 1 saturated carbocycles. The summed E-state index contributed by atoms with van der Waals surface area (Å²) in [6.45, 7) is 0. The van der Waals surface area contributed by atoms with Crippen LogP contribution in [0, 0.1) is 0 Å². The third-order valence-corrected chi connectivity index (χ3v) is 2.62. The fraction of sp³-hybridized carbons (Fsp3) is 0.455. The summed E-state index contributed by atoms with van der Waals surface area (Å²) in [6.07, 6.45) is -3.98. The summed E-state index contributed by atoms with van der Waals surface area (Å²) in [5, 5.41) is 9.25. The molecule has 1 fully saturated rings. The van der Waals surface area contributed by atoms with Gasteiger partial charge in [-0.1, -0.05) is 6.07 Å². The molecule has 0 aliphatic heterocycles. The third-order valence-electron chi connectivity index (χ3n) is 2.62. The molecule has 1 N–H and O–H groups in total. The SMILES string of the molecule is OC1CCC1Oc1cccc(C(F)(F)F)c1. The molecule has 2 rings (SSSR count). The van der Waals surface area contributed by atoms with Gasteiger partial charge in [0, 0.05) is 0 Å². The Morgan fingerprint density at radius 3 is 2.50 bits per heavy atom. The molecule has 1 aliphatic rings. The molecular formula is C11H11F3O2. The summed E-state index contributed by atoms with van der Waals surface area (Å²) >= 11 is 0. The second-order valence-corrected chi connectivity index (χ2v) is 3.83. The van der Waals surface area contributed by atoms with E-state index in [0.717, 1.165) is 12.1 Å². The van der Waals surface area contributed by atoms with Crippen molar-refractivity contribution in [3.8, 4) is 5.75 Å². The van der Waals surface area contributed by atoms with Crippen molar-refractivity contribution in [2.75, 3.05) is 0 Å². The maximum Gasteiger partial charge on any atom is 0.416 e. The van der Waals surface area contributed by atoms with Crippen LogP contribution in [0.4, 0.5) is 13.2 Å². The van der Waals surface area contributed by atoms with Crippen LogP contribution in [-0.2, 0) is 6.18 Å². The first-order chi connectivity index (χ1) is 7.47. The van der Waals surface area contributed by atoms with Crippen LogP contribution in [0.3, 0.4) is 0 Å². The number of hydrogen-bond donors (Lipinski definition) is 1. The summed E-state index contributed by atoms with van der Waals surface area (Å²) < 4.78 is 42.4. The van der Waals surface area contributed by atoms with E-state index in [1.165, 1.54) is 12.1 Å². The van der Waals surface area contributed by atoms with Crippen molar-refractivity contribution in [2.24, 2.45) is 0 Å². The zero-order valence-electron chi connectivity index (χ0n) is 8.37. The van der Waals surface area contributed by atoms with Crippen LogP contribution in [0.2, 0.25) is 0 Å². The Kier molecular flexibility index (Phi) is 2.80. The van der Waals surface area contributed by atoms with Gasteiger partial charge in [-0.2, -0.15) is 13.2 Å². The Balaban J connectivity index is 2.10. The number of alkyl halides is 3. The van der Waals surface area contributed by atoms with Crippen LogP contribution >= 0.6 is 0 Å². The minimum atomic E-state index is -4.36. The molecule has 1 aromatic rings. The molecule has 1 aromatic carbocycles. The molecule has 0 amide bonds. The van der Waals surface area contributed by atoms with Crippen molar-refractivity contribution >= 4 is 0 Å². The Bertz CT molecular complexity index is 376. The van der Waals surface area contributed by atoms with E-state index in [-0.39, 0.29) is 11.9 Å². The summed E-state index contributed by atoms with van der Waals surface area (Å²) in [6, 6.07) is 4.69. The van der Waals surface area contributed by atoms with E-state index >= 15 is 0 Å². The number of ether oxygens (including phenoxy) is 1. The minimum Gasteiger partial charge on any atom is -0.488 e. The molecule has 0 aromatic heterocycles. The van der Waals surface area contributed by atoms with Gasteiger partial charge in [-0.25, -0.2) is 0 Å². The van der Waals surface area contributed by atoms with E-state index in [1.54, 1.807) is 0 Å². The van der Waals surface area contributed by atoms with Gasteiger partial charge in [-0.05, 0) is 31.0 Å². The predicted molar refractivity (Wildman–Crippen MR) is 51.1 cm³/mol. The van der Waals surface area contributed by atoms with Crippen LogP contribution < -0.4 is 4.74 Å². The van der Waals surface area contributed by atoms with Crippen LogP contribution in [-0.4, -0.2) is 17.3 Å². The van der Waals surface area contributed by atoms with E-state index in [4.69, 9.17) is 4.74 Å². The van der Waals surface area contributed by atoms with Crippen LogP contribution in [0.5, 0.6) is 5.75 Å². The highest BCUT2D eigenvalue weighted by atomic mass is 19.4. The quantitative estimate of drug-likeness (QED) is 0.849. The number of rotatable bonds is 2. The average Bonchev–Trinajstić information content (AvgIpc) is 2.23. The number of aliphatic hydroxyl groups is 1. The van der Waals surface area contributed by atoms with E-state index in [9.17, 15) is 18.3 Å². The van der Waals surface area contributed by atoms with Gasteiger partial charge in [0.05, 0.1) is 11.7 Å². The molecule has 16 heavy (non-hydrogen) atoms. The first-order valence-corrected chi connectivity index (χ1v) is 4.99. The van der Waals surface area contributed by atoms with E-state index in [0.29, 0.717) is 12.8 Å². The van der Waals surface area contributed by atoms with Crippen molar-refractivity contribution in [3.05, 3.63) is 29.8 Å². The van der Waals surface area contributed by atoms with E-state index in [1.807, 2.05) is 0 Å². The van der Waals surface area contributed by atoms with Crippen molar-refractivity contribution in [3.63, 3.8) is 0 Å². The zero-order valence-corrected chi connectivity index (χ0v) is 8.37. The van der Waals surface area contributed by atoms with Gasteiger partial charge in [-0.3, -0.25) is 0 Å². The van der Waals surface area contributed by atoms with Crippen molar-refractivity contribution in [1.82, 2.24) is 0 Å². The maximum atomic E-state index is 12.4. The maximum absolute atomic E-state index is 12.4. The summed E-state index contributed by atoms with van der Waals surface area (Å²) in [5.74, 6) is 0.151. The second kappa shape index (κ2) is 3.97. The van der Waals surface area contributed by atoms with Crippen molar-refractivity contribution in [2.45, 2.75) is 31.2 Å². The monoisotopic (exact) mass is 232 g/mol. The molecule has 2 nitrogen and oxygen atoms in total. The Morgan fingerprint density at radius 2 is 2.00 bits per heavy atom. The first-order valence-electron chi connectivity index (χ1n) is 4.99. The van der Waals surface area contributed by atoms with Crippen LogP contribution in [0.1, 0.15) is 18.4 Å². The highest BCUT2D eigenvalue weighted by Gasteiger charge is 2.33. The van der Waals surface area contributed by atoms with Gasteiger partial charge in [0.2, 0.25) is 0 Å². The normalized spacial score (nSPS) is 25.0. The van der Waals surface area contributed by atoms with Crippen LogP contribution in [0.15, 0.2) is 24.3 Å². The lowest BCUT2D eigenvalue weighted by Gasteiger charge is -2.32. The molecule has 88 valence electrons. The number of aliphatic hydroxyl groups excluding tert-OH is 1. The molecular weight excluding hydrogens is 221 g/mol. The second-order valence-electron chi connectivity index (χ2n) is 3.83. The lowest BCUT2D eigenvalue weighted by Crippen LogP contribution is -2.41. The lowest BCUT2D eigenvalue weighted by atomic mass is 9.92. The van der Waals surface area contributed by atoms with Crippen LogP contribution in [0.25, 0.3) is 0 Å². The Labute approximate surface area is 90.7 Å². The number of benzene rings is 1. The fourth-order valence-corrected chi connectivity index (χ4v) is 1.51. The topological polar surface area (TPSA) is 29.5 Å². The van der Waals surface area contributed by atoms with Gasteiger partial charge < -0.3 is 9.84 Å². The van der Waals surface area contributed by atoms with Crippen molar-refractivity contribution < 1.29 is 23.0 Å². The minimum absolute atomic E-state index is 0.151. The standard InChI is InChI=1S/C11H11F3O2/c12-11(13,14)7-2-1-3-8(6-7)16-10-5-4-9(10)15/h1-3,6,9-10,15H,4-5H2. The highest BCUT2D eigenvalue weighted by Crippen LogP contribution is 2.33. The van der Waals surface area contributed by atoms with Gasteiger partial charge in [0.15, 0.2) is 0 Å². The molecule has 2 atom stereocenters. The fourth-order valence-electron chi connectivity index (χ4n) is 1.51. The molecule has 1 aliphatic carbocycles. The van der Waals surface area contributed by atoms with E-state index < -0.39 is 17.8 Å². The predicted octanol–water partition coefficient (Wildman–Crippen LogP) is 2.61. The molecule has 0 bridgehead atoms. The first kappa shape index (κ1) is 11.3. The van der Waals surface area contributed by atoms with Gasteiger partial charge in [-0.15, -0.1) is 0 Å². The highest BCUT2D eigenvalue weighted by molar-refractivity contribution is 5.30. The van der Waals surface area contributed by atoms with Gasteiger partial charge in [0.25, 0.3) is 0 Å². The van der Waals surface area contributed by atoms with Gasteiger partial charge >= 0.3 is 6.18 Å². The summed E-state index contributed by atoms with van der Waals surface area (Å²) in [4.78, 5) is 0. The number of hydrogen-bond acceptors (Lipinski definition) is 2. The average molecular weight is 232 g/mol. The summed E-state index contributed by atoms with van der Waals surface area (Å²) in [7, 11) is 0. The van der Waals surface area contributed by atoms with Gasteiger partial charge in [0.1, 0.15) is 11.9 Å².